The molecule has 1 aromatic rings. The molecular weight excluding hydrogens is 124 g/mol. The average molecular weight is 130 g/mol. The first kappa shape index (κ1) is 5.50. The minimum Gasteiger partial charge on any atom is -0.255 e. The van der Waals surface area contributed by atoms with E-state index in [4.69, 9.17) is 0 Å². The largest absolute Gasteiger partial charge is 0.324 e. The van der Waals surface area contributed by atoms with Gasteiger partial charge in [-0.2, -0.15) is 5.10 Å². The van der Waals surface area contributed by atoms with Crippen LogP contribution in [0.3, 0.4) is 0 Å². The lowest BCUT2D eigenvalue weighted by atomic mass is 10.9. The molecule has 1 rings (SSSR count). The van der Waals surface area contributed by atoms with Crippen LogP contribution in [0, 0.1) is 6.92 Å². The van der Waals surface area contributed by atoms with Crippen molar-refractivity contribution in [2.75, 3.05) is 0 Å². The lowest BCUT2D eigenvalue weighted by Gasteiger charge is -1.77. The van der Waals surface area contributed by atoms with E-state index in [-0.39, 0.29) is 4.87 Å². The molecule has 0 aliphatic heterocycles. The zero-order valence-corrected chi connectivity index (χ0v) is 5.53. The van der Waals surface area contributed by atoms with Crippen molar-refractivity contribution < 1.29 is 0 Å². The highest BCUT2D eigenvalue weighted by Crippen LogP contribution is 1.90. The Kier molecular flexibility index (Phi) is 1.17. The van der Waals surface area contributed by atoms with Crippen molar-refractivity contribution in [3.05, 3.63) is 14.7 Å². The van der Waals surface area contributed by atoms with Crippen molar-refractivity contribution in [3.63, 3.8) is 0 Å². The third-order valence-corrected chi connectivity index (χ3v) is 1.61. The van der Waals surface area contributed by atoms with E-state index in [1.54, 1.807) is 7.05 Å². The van der Waals surface area contributed by atoms with E-state index in [2.05, 4.69) is 5.10 Å². The van der Waals surface area contributed by atoms with E-state index in [0.717, 1.165) is 5.01 Å². The van der Waals surface area contributed by atoms with E-state index < -0.39 is 0 Å². The highest BCUT2D eigenvalue weighted by Gasteiger charge is 1.93. The van der Waals surface area contributed by atoms with Crippen LogP contribution >= 0.6 is 11.3 Å². The summed E-state index contributed by atoms with van der Waals surface area (Å²) in [5.41, 5.74) is 0. The average Bonchev–Trinajstić information content (AvgIpc) is 1.85. The van der Waals surface area contributed by atoms with Crippen LogP contribution in [-0.2, 0) is 7.05 Å². The molecule has 1 aromatic heterocycles. The summed E-state index contributed by atoms with van der Waals surface area (Å²) < 4.78 is 1.33. The fourth-order valence-corrected chi connectivity index (χ4v) is 1.05. The SMILES string of the molecule is Cc1nn(C)c(=O)s1. The van der Waals surface area contributed by atoms with Gasteiger partial charge >= 0.3 is 4.87 Å². The first-order valence-corrected chi connectivity index (χ1v) is 3.02. The lowest BCUT2D eigenvalue weighted by molar-refractivity contribution is 0.732. The summed E-state index contributed by atoms with van der Waals surface area (Å²) >= 11 is 1.17. The lowest BCUT2D eigenvalue weighted by Crippen LogP contribution is -2.08. The molecule has 0 aliphatic rings. The summed E-state index contributed by atoms with van der Waals surface area (Å²) in [4.78, 5) is 10.6. The third kappa shape index (κ3) is 0.790. The Bertz CT molecular complexity index is 236. The zero-order valence-electron chi connectivity index (χ0n) is 4.71. The topological polar surface area (TPSA) is 34.9 Å². The van der Waals surface area contributed by atoms with E-state index >= 15 is 0 Å². The summed E-state index contributed by atoms with van der Waals surface area (Å²) in [7, 11) is 1.64. The van der Waals surface area contributed by atoms with Gasteiger partial charge in [0.1, 0.15) is 5.01 Å². The van der Waals surface area contributed by atoms with E-state index in [9.17, 15) is 4.79 Å². The molecule has 0 saturated heterocycles. The minimum absolute atomic E-state index is 0.00231. The molecule has 0 saturated carbocycles. The molecule has 0 fully saturated rings. The molecule has 0 radical (unpaired) electrons. The first-order valence-electron chi connectivity index (χ1n) is 2.21. The van der Waals surface area contributed by atoms with Gasteiger partial charge in [0.05, 0.1) is 0 Å². The van der Waals surface area contributed by atoms with Crippen molar-refractivity contribution in [3.8, 4) is 0 Å². The van der Waals surface area contributed by atoms with Gasteiger partial charge in [-0.15, -0.1) is 0 Å². The Morgan fingerprint density at radius 3 is 2.50 bits per heavy atom. The number of hydrogen-bond acceptors (Lipinski definition) is 3. The van der Waals surface area contributed by atoms with Gasteiger partial charge in [0.15, 0.2) is 0 Å². The van der Waals surface area contributed by atoms with Gasteiger partial charge in [-0.1, -0.05) is 11.3 Å². The maximum atomic E-state index is 10.6. The van der Waals surface area contributed by atoms with Gasteiger partial charge in [-0.25, -0.2) is 4.68 Å². The molecular formula is C4H6N2OS. The highest BCUT2D eigenvalue weighted by molar-refractivity contribution is 7.08. The second-order valence-corrected chi connectivity index (χ2v) is 2.65. The molecule has 4 heteroatoms. The van der Waals surface area contributed by atoms with Gasteiger partial charge in [-0.3, -0.25) is 4.79 Å². The first-order chi connectivity index (χ1) is 3.70. The van der Waals surface area contributed by atoms with Gasteiger partial charge in [0.2, 0.25) is 0 Å². The van der Waals surface area contributed by atoms with Crippen LogP contribution in [0.25, 0.3) is 0 Å². The number of aryl methyl sites for hydroxylation is 2. The molecule has 0 spiro atoms. The molecule has 3 nitrogen and oxygen atoms in total. The second kappa shape index (κ2) is 1.70. The maximum absolute atomic E-state index is 10.6. The van der Waals surface area contributed by atoms with Crippen LogP contribution in [-0.4, -0.2) is 9.78 Å². The van der Waals surface area contributed by atoms with Crippen LogP contribution in [0.15, 0.2) is 4.79 Å². The summed E-state index contributed by atoms with van der Waals surface area (Å²) in [5.74, 6) is 0. The van der Waals surface area contributed by atoms with Gasteiger partial charge in [0.25, 0.3) is 0 Å². The van der Waals surface area contributed by atoms with Crippen LogP contribution in [0.2, 0.25) is 0 Å². The van der Waals surface area contributed by atoms with Gasteiger partial charge in [0, 0.05) is 7.05 Å². The maximum Gasteiger partial charge on any atom is 0.324 e. The Balaban J connectivity index is 3.35. The van der Waals surface area contributed by atoms with Crippen molar-refractivity contribution in [2.45, 2.75) is 6.92 Å². The predicted molar refractivity (Wildman–Crippen MR) is 32.1 cm³/mol. The number of rotatable bonds is 0. The van der Waals surface area contributed by atoms with Crippen LogP contribution in [0.4, 0.5) is 0 Å². The molecule has 0 atom stereocenters. The number of aromatic nitrogens is 2. The molecule has 0 bridgehead atoms. The van der Waals surface area contributed by atoms with Gasteiger partial charge < -0.3 is 0 Å². The monoisotopic (exact) mass is 130 g/mol. The Morgan fingerprint density at radius 1 is 1.75 bits per heavy atom. The van der Waals surface area contributed by atoms with Crippen molar-refractivity contribution in [1.82, 2.24) is 9.78 Å². The predicted octanol–water partition coefficient (Wildman–Crippen LogP) is 0.150. The Labute approximate surface area is 50.6 Å². The minimum atomic E-state index is 0.00231. The number of hydrogen-bond donors (Lipinski definition) is 0. The number of nitrogens with zero attached hydrogens (tertiary/aromatic N) is 2. The Hall–Kier alpha value is -0.640. The normalized spacial score (nSPS) is 9.75. The quantitative estimate of drug-likeness (QED) is 0.501. The summed E-state index contributed by atoms with van der Waals surface area (Å²) in [6.07, 6.45) is 0. The van der Waals surface area contributed by atoms with Crippen LogP contribution in [0.5, 0.6) is 0 Å². The van der Waals surface area contributed by atoms with Crippen molar-refractivity contribution >= 4 is 11.3 Å². The van der Waals surface area contributed by atoms with E-state index in [0.29, 0.717) is 0 Å². The highest BCUT2D eigenvalue weighted by atomic mass is 32.1. The molecule has 0 amide bonds. The molecule has 0 unspecified atom stereocenters. The third-order valence-electron chi connectivity index (χ3n) is 0.790. The Morgan fingerprint density at radius 2 is 2.38 bits per heavy atom. The van der Waals surface area contributed by atoms with E-state index in [1.165, 1.54) is 16.0 Å². The van der Waals surface area contributed by atoms with Crippen molar-refractivity contribution in [1.29, 1.82) is 0 Å². The van der Waals surface area contributed by atoms with Crippen molar-refractivity contribution in [2.24, 2.45) is 7.05 Å². The second-order valence-electron chi connectivity index (χ2n) is 1.51. The fraction of sp³-hybridized carbons (Fsp3) is 0.500. The van der Waals surface area contributed by atoms with Crippen LogP contribution in [0.1, 0.15) is 5.01 Å². The van der Waals surface area contributed by atoms with E-state index in [1.807, 2.05) is 6.92 Å². The molecule has 1 heterocycles. The summed E-state index contributed by atoms with van der Waals surface area (Å²) in [6.45, 7) is 1.81. The van der Waals surface area contributed by atoms with Crippen LogP contribution < -0.4 is 4.87 Å². The molecule has 8 heavy (non-hydrogen) atoms. The fourth-order valence-electron chi connectivity index (χ4n) is 0.465. The van der Waals surface area contributed by atoms with Gasteiger partial charge in [-0.05, 0) is 6.92 Å². The molecule has 0 N–H and O–H groups in total. The summed E-state index contributed by atoms with van der Waals surface area (Å²) in [6, 6.07) is 0. The molecule has 44 valence electrons. The molecule has 0 aliphatic carbocycles. The standard InChI is InChI=1S/C4H6N2OS/c1-3-5-6(2)4(7)8-3/h1-2H3. The smallest absolute Gasteiger partial charge is 0.255 e. The molecule has 0 aromatic carbocycles. The summed E-state index contributed by atoms with van der Waals surface area (Å²) in [5, 5.41) is 4.65. The zero-order chi connectivity index (χ0) is 6.15.